The third-order valence-corrected chi connectivity index (χ3v) is 4.90. The number of anilines is 1. The van der Waals surface area contributed by atoms with E-state index >= 15 is 0 Å². The zero-order valence-electron chi connectivity index (χ0n) is 16.2. The number of nitrogens with zero attached hydrogens (tertiary/aromatic N) is 3. The highest BCUT2D eigenvalue weighted by molar-refractivity contribution is 5.23. The van der Waals surface area contributed by atoms with Crippen molar-refractivity contribution in [3.63, 3.8) is 0 Å². The van der Waals surface area contributed by atoms with Crippen LogP contribution in [0.5, 0.6) is 0 Å². The predicted molar refractivity (Wildman–Crippen MR) is 105 cm³/mol. The summed E-state index contributed by atoms with van der Waals surface area (Å²) in [4.78, 5) is 39.4. The standard InChI is InChI=1S/C9H13N3O3.C9H12N2O4/c10-7-3-4-12(9(14)11-7)8-2-1-6(5-13)15-8;12-5-6-1-2-8(15-6)11-4-3-7(13)10-9(11)14/h3-4,6,8,13H,1-2,5H2,(H2,10,11,14);3-4,6,8,12H,1-2,5H2,(H,10,13,14)/t2*6-,8+/m00/s1. The Kier molecular flexibility index (Phi) is 7.15. The Morgan fingerprint density at radius 3 is 2.03 bits per heavy atom. The average molecular weight is 423 g/mol. The molecule has 0 aromatic carbocycles. The number of nitrogens with two attached hydrogens (primary N) is 1. The number of rotatable bonds is 4. The van der Waals surface area contributed by atoms with Crippen molar-refractivity contribution in [3.8, 4) is 0 Å². The van der Waals surface area contributed by atoms with Crippen LogP contribution in [0, 0.1) is 0 Å². The Balaban J connectivity index is 0.000000171. The van der Waals surface area contributed by atoms with E-state index in [-0.39, 0.29) is 43.7 Å². The zero-order valence-corrected chi connectivity index (χ0v) is 16.2. The van der Waals surface area contributed by atoms with Gasteiger partial charge in [-0.05, 0) is 31.7 Å². The van der Waals surface area contributed by atoms with Gasteiger partial charge in [-0.15, -0.1) is 0 Å². The molecule has 12 nitrogen and oxygen atoms in total. The van der Waals surface area contributed by atoms with Crippen LogP contribution in [-0.4, -0.2) is 54.7 Å². The molecule has 0 unspecified atom stereocenters. The molecule has 2 aliphatic heterocycles. The van der Waals surface area contributed by atoms with E-state index in [0.717, 1.165) is 6.42 Å². The van der Waals surface area contributed by atoms with Gasteiger partial charge in [-0.1, -0.05) is 0 Å². The molecule has 5 N–H and O–H groups in total. The molecule has 0 aliphatic carbocycles. The molecular formula is C18H25N5O7. The van der Waals surface area contributed by atoms with Crippen LogP contribution < -0.4 is 22.7 Å². The highest BCUT2D eigenvalue weighted by Crippen LogP contribution is 2.27. The number of nitrogen functional groups attached to an aromatic ring is 1. The second kappa shape index (κ2) is 9.80. The van der Waals surface area contributed by atoms with Crippen LogP contribution in [0.4, 0.5) is 5.82 Å². The number of aromatic nitrogens is 4. The van der Waals surface area contributed by atoms with E-state index in [1.165, 1.54) is 21.4 Å². The summed E-state index contributed by atoms with van der Waals surface area (Å²) in [5.74, 6) is 0.202. The third kappa shape index (κ3) is 5.21. The van der Waals surface area contributed by atoms with E-state index in [4.69, 9.17) is 25.4 Å². The first-order valence-corrected chi connectivity index (χ1v) is 9.60. The van der Waals surface area contributed by atoms with Gasteiger partial charge in [0.05, 0.1) is 25.4 Å². The average Bonchev–Trinajstić information content (AvgIpc) is 3.38. The molecule has 2 fully saturated rings. The number of ether oxygens (including phenoxy) is 2. The Labute approximate surface area is 170 Å². The molecule has 2 aliphatic rings. The molecule has 2 aromatic rings. The Bertz CT molecular complexity index is 1020. The van der Waals surface area contributed by atoms with Gasteiger partial charge in [-0.25, -0.2) is 9.59 Å². The van der Waals surface area contributed by atoms with E-state index in [0.29, 0.717) is 19.3 Å². The lowest BCUT2D eigenvalue weighted by molar-refractivity contribution is -0.0246. The summed E-state index contributed by atoms with van der Waals surface area (Å²) in [5, 5.41) is 17.8. The summed E-state index contributed by atoms with van der Waals surface area (Å²) in [6, 6.07) is 2.83. The lowest BCUT2D eigenvalue weighted by Gasteiger charge is -2.14. The van der Waals surface area contributed by atoms with Gasteiger partial charge < -0.3 is 25.4 Å². The van der Waals surface area contributed by atoms with Gasteiger partial charge in [0.2, 0.25) is 0 Å². The number of nitrogens with one attached hydrogen (secondary N) is 1. The molecule has 4 atom stereocenters. The van der Waals surface area contributed by atoms with Gasteiger partial charge in [0.25, 0.3) is 5.56 Å². The van der Waals surface area contributed by atoms with Crippen LogP contribution in [0.15, 0.2) is 38.9 Å². The molecule has 0 spiro atoms. The van der Waals surface area contributed by atoms with E-state index in [1.807, 2.05) is 0 Å². The molecule has 164 valence electrons. The maximum Gasteiger partial charge on any atom is 0.351 e. The minimum Gasteiger partial charge on any atom is -0.394 e. The van der Waals surface area contributed by atoms with Crippen LogP contribution in [0.1, 0.15) is 38.1 Å². The van der Waals surface area contributed by atoms with E-state index < -0.39 is 16.9 Å². The monoisotopic (exact) mass is 423 g/mol. The topological polar surface area (TPSA) is 175 Å². The second-order valence-corrected chi connectivity index (χ2v) is 7.00. The fourth-order valence-corrected chi connectivity index (χ4v) is 3.35. The van der Waals surface area contributed by atoms with Crippen molar-refractivity contribution in [1.82, 2.24) is 19.1 Å². The van der Waals surface area contributed by atoms with Gasteiger partial charge in [-0.3, -0.25) is 18.9 Å². The Hall–Kier alpha value is -2.80. The van der Waals surface area contributed by atoms with Gasteiger partial charge >= 0.3 is 11.4 Å². The molecular weight excluding hydrogens is 398 g/mol. The lowest BCUT2D eigenvalue weighted by Crippen LogP contribution is -2.31. The molecule has 30 heavy (non-hydrogen) atoms. The fourth-order valence-electron chi connectivity index (χ4n) is 3.35. The summed E-state index contributed by atoms with van der Waals surface area (Å²) in [5.41, 5.74) is 4.05. The third-order valence-electron chi connectivity index (χ3n) is 4.90. The van der Waals surface area contributed by atoms with Gasteiger partial charge in [0, 0.05) is 18.5 Å². The summed E-state index contributed by atoms with van der Waals surface area (Å²) in [6.07, 6.45) is 4.70. The van der Waals surface area contributed by atoms with Gasteiger partial charge in [-0.2, -0.15) is 4.98 Å². The molecule has 4 rings (SSSR count). The van der Waals surface area contributed by atoms with Crippen LogP contribution >= 0.6 is 0 Å². The first-order chi connectivity index (χ1) is 14.4. The summed E-state index contributed by atoms with van der Waals surface area (Å²) in [6.45, 7) is -0.0672. The number of aromatic amines is 1. The number of aliphatic hydroxyl groups excluding tert-OH is 2. The predicted octanol–water partition coefficient (Wildman–Crippen LogP) is -1.30. The fraction of sp³-hybridized carbons (Fsp3) is 0.556. The van der Waals surface area contributed by atoms with E-state index in [9.17, 15) is 14.4 Å². The van der Waals surface area contributed by atoms with Crippen molar-refractivity contribution in [1.29, 1.82) is 0 Å². The SMILES string of the molecule is Nc1ccn([C@H]2CC[C@@H](CO)O2)c(=O)n1.O=c1ccn([C@H]2CC[C@@H](CO)O2)c(=O)[nH]1. The van der Waals surface area contributed by atoms with Crippen LogP contribution in [0.3, 0.4) is 0 Å². The minimum atomic E-state index is -0.480. The highest BCUT2D eigenvalue weighted by atomic mass is 16.5. The van der Waals surface area contributed by atoms with E-state index in [1.54, 1.807) is 12.3 Å². The molecule has 2 saturated heterocycles. The molecule has 0 amide bonds. The number of H-pyrrole nitrogens is 1. The first-order valence-electron chi connectivity index (χ1n) is 9.60. The van der Waals surface area contributed by atoms with Crippen LogP contribution in [0.2, 0.25) is 0 Å². The van der Waals surface area contributed by atoms with Crippen molar-refractivity contribution >= 4 is 5.82 Å². The smallest absolute Gasteiger partial charge is 0.351 e. The van der Waals surface area contributed by atoms with Crippen molar-refractivity contribution in [2.75, 3.05) is 18.9 Å². The van der Waals surface area contributed by atoms with E-state index in [2.05, 4.69) is 9.97 Å². The molecule has 0 radical (unpaired) electrons. The molecule has 0 saturated carbocycles. The first kappa shape index (κ1) is 21.9. The highest BCUT2D eigenvalue weighted by Gasteiger charge is 2.27. The van der Waals surface area contributed by atoms with Crippen molar-refractivity contribution in [2.45, 2.75) is 50.3 Å². The molecule has 4 heterocycles. The van der Waals surface area contributed by atoms with Crippen molar-refractivity contribution in [2.24, 2.45) is 0 Å². The largest absolute Gasteiger partial charge is 0.394 e. The second-order valence-electron chi connectivity index (χ2n) is 7.00. The summed E-state index contributed by atoms with van der Waals surface area (Å²) < 4.78 is 13.6. The number of aliphatic hydroxyl groups is 2. The Morgan fingerprint density at radius 2 is 1.53 bits per heavy atom. The van der Waals surface area contributed by atoms with Crippen molar-refractivity contribution < 1.29 is 19.7 Å². The van der Waals surface area contributed by atoms with Gasteiger partial charge in [0.1, 0.15) is 18.3 Å². The van der Waals surface area contributed by atoms with Crippen LogP contribution in [-0.2, 0) is 9.47 Å². The Morgan fingerprint density at radius 1 is 0.967 bits per heavy atom. The zero-order chi connectivity index (χ0) is 21.7. The lowest BCUT2D eigenvalue weighted by atomic mass is 10.2. The normalized spacial score (nSPS) is 25.7. The maximum absolute atomic E-state index is 11.5. The summed E-state index contributed by atoms with van der Waals surface area (Å²) >= 11 is 0. The quantitative estimate of drug-likeness (QED) is 0.466. The van der Waals surface area contributed by atoms with Crippen LogP contribution in [0.25, 0.3) is 0 Å². The summed E-state index contributed by atoms with van der Waals surface area (Å²) in [7, 11) is 0. The van der Waals surface area contributed by atoms with Crippen molar-refractivity contribution in [3.05, 3.63) is 55.8 Å². The molecule has 0 bridgehead atoms. The maximum atomic E-state index is 11.5. The number of hydrogen-bond acceptors (Lipinski definition) is 9. The number of hydrogen-bond donors (Lipinski definition) is 4. The van der Waals surface area contributed by atoms with Gasteiger partial charge in [0.15, 0.2) is 0 Å². The molecule has 2 aromatic heterocycles. The minimum absolute atomic E-state index is 0.0202. The molecule has 12 heteroatoms.